The SMILES string of the molecule is Cc1nc2c(c(NCC3CN(c4ccc5nnc(C(C)(C)C)n5n4)C3)n1)CCC2. The maximum atomic E-state index is 4.81. The van der Waals surface area contributed by atoms with Gasteiger partial charge in [0.05, 0.1) is 0 Å². The van der Waals surface area contributed by atoms with E-state index in [0.717, 1.165) is 61.4 Å². The van der Waals surface area contributed by atoms with Gasteiger partial charge >= 0.3 is 0 Å². The molecule has 0 saturated carbocycles. The highest BCUT2D eigenvalue weighted by atomic mass is 15.4. The van der Waals surface area contributed by atoms with Gasteiger partial charge < -0.3 is 10.2 Å². The Hall–Kier alpha value is -2.77. The summed E-state index contributed by atoms with van der Waals surface area (Å²) in [4.78, 5) is 11.6. The van der Waals surface area contributed by atoms with Crippen LogP contribution >= 0.6 is 0 Å². The third kappa shape index (κ3) is 3.30. The summed E-state index contributed by atoms with van der Waals surface area (Å²) < 4.78 is 1.88. The van der Waals surface area contributed by atoms with Gasteiger partial charge in [0.25, 0.3) is 0 Å². The molecule has 0 bridgehead atoms. The molecule has 1 aliphatic heterocycles. The topological polar surface area (TPSA) is 84.1 Å². The lowest BCUT2D eigenvalue weighted by atomic mass is 9.96. The first-order valence-electron chi connectivity index (χ1n) is 10.5. The fraction of sp³-hybridized carbons (Fsp3) is 0.571. The molecule has 2 aliphatic rings. The second-order valence-electron chi connectivity index (χ2n) is 9.29. The molecular weight excluding hydrogens is 364 g/mol. The van der Waals surface area contributed by atoms with Crippen LogP contribution in [0, 0.1) is 12.8 Å². The zero-order chi connectivity index (χ0) is 20.2. The van der Waals surface area contributed by atoms with Crippen LogP contribution in [0.15, 0.2) is 12.1 Å². The maximum Gasteiger partial charge on any atom is 0.178 e. The lowest BCUT2D eigenvalue weighted by molar-refractivity contribution is 0.423. The standard InChI is InChI=1S/C21H28N8/c1-13-23-16-7-5-6-15(16)19(24-13)22-10-14-11-28(12-14)18-9-8-17-25-26-20(21(2,3)4)29(17)27-18/h8-9,14H,5-7,10-12H2,1-4H3,(H,22,23,24). The first-order chi connectivity index (χ1) is 13.9. The van der Waals surface area contributed by atoms with Crippen molar-refractivity contribution in [3.05, 3.63) is 35.0 Å². The Bertz CT molecular complexity index is 1060. The molecule has 152 valence electrons. The van der Waals surface area contributed by atoms with E-state index in [0.29, 0.717) is 5.92 Å². The first kappa shape index (κ1) is 18.3. The van der Waals surface area contributed by atoms with E-state index in [1.165, 1.54) is 17.7 Å². The minimum atomic E-state index is -0.0949. The number of fused-ring (bicyclic) bond motifs is 2. The number of hydrogen-bond donors (Lipinski definition) is 1. The van der Waals surface area contributed by atoms with Crippen molar-refractivity contribution in [1.82, 2.24) is 29.8 Å². The Balaban J connectivity index is 1.25. The summed E-state index contributed by atoms with van der Waals surface area (Å²) in [5, 5.41) is 17.0. The van der Waals surface area contributed by atoms with Crippen LogP contribution in [-0.2, 0) is 18.3 Å². The molecule has 0 amide bonds. The van der Waals surface area contributed by atoms with Gasteiger partial charge in [-0.2, -0.15) is 4.52 Å². The van der Waals surface area contributed by atoms with Crippen molar-refractivity contribution >= 4 is 17.3 Å². The van der Waals surface area contributed by atoms with E-state index in [-0.39, 0.29) is 5.41 Å². The number of aromatic nitrogens is 6. The van der Waals surface area contributed by atoms with Gasteiger partial charge in [0.2, 0.25) is 0 Å². The van der Waals surface area contributed by atoms with Gasteiger partial charge in [-0.3, -0.25) is 0 Å². The van der Waals surface area contributed by atoms with Crippen molar-refractivity contribution in [3.63, 3.8) is 0 Å². The first-order valence-corrected chi connectivity index (χ1v) is 10.5. The second-order valence-corrected chi connectivity index (χ2v) is 9.29. The van der Waals surface area contributed by atoms with Crippen LogP contribution in [0.2, 0.25) is 0 Å². The number of nitrogens with one attached hydrogen (secondary N) is 1. The van der Waals surface area contributed by atoms with Crippen LogP contribution in [0.3, 0.4) is 0 Å². The van der Waals surface area contributed by atoms with Crippen LogP contribution in [0.1, 0.15) is 50.1 Å². The number of anilines is 2. The number of nitrogens with zero attached hydrogens (tertiary/aromatic N) is 7. The van der Waals surface area contributed by atoms with E-state index in [4.69, 9.17) is 5.10 Å². The van der Waals surface area contributed by atoms with Crippen molar-refractivity contribution < 1.29 is 0 Å². The molecule has 8 heteroatoms. The van der Waals surface area contributed by atoms with Crippen molar-refractivity contribution in [3.8, 4) is 0 Å². The van der Waals surface area contributed by atoms with E-state index in [9.17, 15) is 0 Å². The lowest BCUT2D eigenvalue weighted by Crippen LogP contribution is -2.50. The molecular formula is C21H28N8. The zero-order valence-electron chi connectivity index (χ0n) is 17.6. The summed E-state index contributed by atoms with van der Waals surface area (Å²) in [5.74, 6) is 4.37. The summed E-state index contributed by atoms with van der Waals surface area (Å²) in [5.41, 5.74) is 3.26. The molecule has 0 radical (unpaired) electrons. The van der Waals surface area contributed by atoms with Crippen molar-refractivity contribution in [2.75, 3.05) is 29.9 Å². The van der Waals surface area contributed by atoms with Crippen molar-refractivity contribution in [1.29, 1.82) is 0 Å². The maximum absolute atomic E-state index is 4.81. The molecule has 1 fully saturated rings. The minimum Gasteiger partial charge on any atom is -0.369 e. The fourth-order valence-electron chi connectivity index (χ4n) is 4.24. The molecule has 5 rings (SSSR count). The van der Waals surface area contributed by atoms with Crippen molar-refractivity contribution in [2.24, 2.45) is 5.92 Å². The molecule has 1 N–H and O–H groups in total. The quantitative estimate of drug-likeness (QED) is 0.730. The predicted octanol–water partition coefficient (Wildman–Crippen LogP) is 2.56. The molecule has 0 aromatic carbocycles. The van der Waals surface area contributed by atoms with Crippen molar-refractivity contribution in [2.45, 2.75) is 52.4 Å². The summed E-state index contributed by atoms with van der Waals surface area (Å²) in [6, 6.07) is 4.05. The van der Waals surface area contributed by atoms with E-state index in [1.807, 2.05) is 23.6 Å². The van der Waals surface area contributed by atoms with Gasteiger partial charge in [-0.1, -0.05) is 20.8 Å². The van der Waals surface area contributed by atoms with Crippen LogP contribution in [0.5, 0.6) is 0 Å². The lowest BCUT2D eigenvalue weighted by Gasteiger charge is -2.40. The fourth-order valence-corrected chi connectivity index (χ4v) is 4.24. The average molecular weight is 393 g/mol. The second kappa shape index (κ2) is 6.64. The summed E-state index contributed by atoms with van der Waals surface area (Å²) >= 11 is 0. The van der Waals surface area contributed by atoms with E-state index in [1.54, 1.807) is 0 Å². The van der Waals surface area contributed by atoms with E-state index >= 15 is 0 Å². The van der Waals surface area contributed by atoms with Gasteiger partial charge in [0.15, 0.2) is 11.5 Å². The van der Waals surface area contributed by atoms with Crippen LogP contribution < -0.4 is 10.2 Å². The Labute approximate surface area is 170 Å². The van der Waals surface area contributed by atoms with E-state index < -0.39 is 0 Å². The Morgan fingerprint density at radius 1 is 1.10 bits per heavy atom. The largest absolute Gasteiger partial charge is 0.369 e. The third-order valence-corrected chi connectivity index (χ3v) is 5.80. The molecule has 3 aromatic rings. The molecule has 1 aliphatic carbocycles. The number of hydrogen-bond acceptors (Lipinski definition) is 7. The van der Waals surface area contributed by atoms with Gasteiger partial charge in [-0.05, 0) is 38.3 Å². The molecule has 3 aromatic heterocycles. The van der Waals surface area contributed by atoms with Gasteiger partial charge in [0, 0.05) is 42.2 Å². The summed E-state index contributed by atoms with van der Waals surface area (Å²) in [7, 11) is 0. The van der Waals surface area contributed by atoms with Gasteiger partial charge in [0.1, 0.15) is 17.5 Å². The van der Waals surface area contributed by atoms with Crippen LogP contribution in [0.25, 0.3) is 5.65 Å². The highest BCUT2D eigenvalue weighted by molar-refractivity contribution is 5.50. The van der Waals surface area contributed by atoms with Gasteiger partial charge in [-0.15, -0.1) is 15.3 Å². The minimum absolute atomic E-state index is 0.0949. The Kier molecular flexibility index (Phi) is 4.18. The van der Waals surface area contributed by atoms with Crippen LogP contribution in [0.4, 0.5) is 11.6 Å². The Morgan fingerprint density at radius 3 is 2.72 bits per heavy atom. The monoisotopic (exact) mass is 392 g/mol. The molecule has 4 heterocycles. The molecule has 0 atom stereocenters. The van der Waals surface area contributed by atoms with Crippen LogP contribution in [-0.4, -0.2) is 49.4 Å². The zero-order valence-corrected chi connectivity index (χ0v) is 17.6. The normalized spacial score (nSPS) is 16.9. The summed E-state index contributed by atoms with van der Waals surface area (Å²) in [6.07, 6.45) is 3.36. The highest BCUT2D eigenvalue weighted by Gasteiger charge is 2.29. The number of rotatable bonds is 4. The highest BCUT2D eigenvalue weighted by Crippen LogP contribution is 2.28. The molecule has 1 saturated heterocycles. The third-order valence-electron chi connectivity index (χ3n) is 5.80. The van der Waals surface area contributed by atoms with E-state index in [2.05, 4.69) is 51.2 Å². The molecule has 0 spiro atoms. The summed E-state index contributed by atoms with van der Waals surface area (Å²) in [6.45, 7) is 11.3. The number of aryl methyl sites for hydroxylation is 2. The molecule has 29 heavy (non-hydrogen) atoms. The smallest absolute Gasteiger partial charge is 0.178 e. The predicted molar refractivity (Wildman–Crippen MR) is 112 cm³/mol. The van der Waals surface area contributed by atoms with Gasteiger partial charge in [-0.25, -0.2) is 9.97 Å². The molecule has 0 unspecified atom stereocenters. The average Bonchev–Trinajstić information content (AvgIpc) is 3.25. The molecule has 8 nitrogen and oxygen atoms in total. The Morgan fingerprint density at radius 2 is 1.93 bits per heavy atom.